The third kappa shape index (κ3) is 3.39. The minimum atomic E-state index is -2.77. The van der Waals surface area contributed by atoms with Crippen LogP contribution in [0.25, 0.3) is 16.9 Å². The Balaban J connectivity index is 1.88. The molecule has 1 aliphatic carbocycles. The number of benzene rings is 1. The Kier molecular flexibility index (Phi) is 4.78. The predicted octanol–water partition coefficient (Wildman–Crippen LogP) is 4.06. The lowest BCUT2D eigenvalue weighted by Crippen LogP contribution is -2.20. The van der Waals surface area contributed by atoms with Crippen molar-refractivity contribution in [3.8, 4) is 0 Å². The molecule has 1 aromatic carbocycles. The van der Waals surface area contributed by atoms with Crippen molar-refractivity contribution in [3.63, 3.8) is 0 Å². The predicted molar refractivity (Wildman–Crippen MR) is 88.8 cm³/mol. The van der Waals surface area contributed by atoms with Crippen LogP contribution in [0.2, 0.25) is 0 Å². The average molecular weight is 334 g/mol. The van der Waals surface area contributed by atoms with Crippen LogP contribution in [0.15, 0.2) is 30.3 Å². The summed E-state index contributed by atoms with van der Waals surface area (Å²) in [7, 11) is 0. The molecule has 1 aromatic heterocycles. The van der Waals surface area contributed by atoms with Crippen LogP contribution >= 0.6 is 0 Å². The van der Waals surface area contributed by atoms with Crippen LogP contribution in [0.1, 0.15) is 44.4 Å². The van der Waals surface area contributed by atoms with Crippen molar-refractivity contribution in [2.45, 2.75) is 44.6 Å². The van der Waals surface area contributed by atoms with Crippen molar-refractivity contribution in [2.75, 3.05) is 0 Å². The van der Waals surface area contributed by atoms with E-state index in [0.717, 1.165) is 25.7 Å². The number of hydrogen-bond acceptors (Lipinski definition) is 4. The number of hydrogen-bond donors (Lipinski definition) is 2. The van der Waals surface area contributed by atoms with Crippen LogP contribution < -0.4 is 5.73 Å². The first-order valence-electron chi connectivity index (χ1n) is 8.04. The Morgan fingerprint density at radius 3 is 2.71 bits per heavy atom. The summed E-state index contributed by atoms with van der Waals surface area (Å²) in [6.07, 6.45) is 3.68. The van der Waals surface area contributed by atoms with Gasteiger partial charge in [0, 0.05) is 6.08 Å². The van der Waals surface area contributed by atoms with Gasteiger partial charge in [-0.15, -0.1) is 0 Å². The number of para-hydroxylation sites is 2. The van der Waals surface area contributed by atoms with Crippen LogP contribution in [0.4, 0.5) is 8.78 Å². The van der Waals surface area contributed by atoms with Gasteiger partial charge in [-0.1, -0.05) is 18.6 Å². The molecule has 128 valence electrons. The van der Waals surface area contributed by atoms with Crippen LogP contribution in [-0.4, -0.2) is 21.6 Å². The van der Waals surface area contributed by atoms with Gasteiger partial charge in [0.1, 0.15) is 11.9 Å². The Morgan fingerprint density at radius 2 is 2.00 bits per heavy atom. The average Bonchev–Trinajstić information content (AvgIpc) is 2.95. The lowest BCUT2D eigenvalue weighted by molar-refractivity contribution is 0.139. The molecule has 1 fully saturated rings. The molecule has 24 heavy (non-hydrogen) atoms. The normalized spacial score (nSPS) is 16.7. The SMILES string of the molecule is N=C(/C=C(\N)n1c(C(F)F)nc2ccccc21)OC1CCCCC1. The third-order valence-corrected chi connectivity index (χ3v) is 4.16. The molecular weight excluding hydrogens is 314 g/mol. The smallest absolute Gasteiger partial charge is 0.296 e. The number of rotatable bonds is 4. The molecule has 0 bridgehead atoms. The van der Waals surface area contributed by atoms with E-state index in [2.05, 4.69) is 4.98 Å². The van der Waals surface area contributed by atoms with E-state index in [9.17, 15) is 8.78 Å². The number of nitrogens with one attached hydrogen (secondary N) is 1. The Labute approximate surface area is 138 Å². The zero-order valence-corrected chi connectivity index (χ0v) is 13.2. The summed E-state index contributed by atoms with van der Waals surface area (Å²) in [6, 6.07) is 6.77. The molecule has 5 nitrogen and oxygen atoms in total. The first-order chi connectivity index (χ1) is 11.6. The number of nitrogens with two attached hydrogens (primary N) is 1. The molecule has 1 saturated carbocycles. The molecule has 1 aliphatic rings. The van der Waals surface area contributed by atoms with Crippen LogP contribution in [-0.2, 0) is 4.74 Å². The number of imidazole rings is 1. The van der Waals surface area contributed by atoms with E-state index in [0.29, 0.717) is 11.0 Å². The summed E-state index contributed by atoms with van der Waals surface area (Å²) < 4.78 is 33.3. The largest absolute Gasteiger partial charge is 0.475 e. The number of ether oxygens (including phenoxy) is 1. The van der Waals surface area contributed by atoms with E-state index < -0.39 is 12.2 Å². The second kappa shape index (κ2) is 6.98. The number of alkyl halides is 2. The monoisotopic (exact) mass is 334 g/mol. The molecule has 1 heterocycles. The molecule has 2 aromatic rings. The van der Waals surface area contributed by atoms with Crippen molar-refractivity contribution < 1.29 is 13.5 Å². The number of nitrogens with zero attached hydrogens (tertiary/aromatic N) is 2. The van der Waals surface area contributed by atoms with Crippen LogP contribution in [0.5, 0.6) is 0 Å². The van der Waals surface area contributed by atoms with Gasteiger partial charge in [0.25, 0.3) is 6.43 Å². The maximum atomic E-state index is 13.3. The first kappa shape index (κ1) is 16.4. The molecule has 0 saturated heterocycles. The Bertz CT molecular complexity index is 763. The van der Waals surface area contributed by atoms with E-state index in [4.69, 9.17) is 15.9 Å². The van der Waals surface area contributed by atoms with Crippen LogP contribution in [0, 0.1) is 5.41 Å². The highest BCUT2D eigenvalue weighted by atomic mass is 19.3. The summed E-state index contributed by atoms with van der Waals surface area (Å²) in [6.45, 7) is 0. The fraction of sp³-hybridized carbons (Fsp3) is 0.412. The van der Waals surface area contributed by atoms with Crippen molar-refractivity contribution in [1.29, 1.82) is 5.41 Å². The molecule has 0 atom stereocenters. The Hall–Kier alpha value is -2.44. The number of halogens is 2. The zero-order valence-electron chi connectivity index (χ0n) is 13.2. The summed E-state index contributed by atoms with van der Waals surface area (Å²) in [5, 5.41) is 7.94. The fourth-order valence-corrected chi connectivity index (χ4v) is 3.06. The minimum absolute atomic E-state index is 0.000176. The number of aromatic nitrogens is 2. The van der Waals surface area contributed by atoms with E-state index in [1.165, 1.54) is 17.1 Å². The molecular formula is C17H20F2N4O. The van der Waals surface area contributed by atoms with Gasteiger partial charge in [0.05, 0.1) is 11.0 Å². The molecule has 7 heteroatoms. The maximum absolute atomic E-state index is 13.3. The van der Waals surface area contributed by atoms with Gasteiger partial charge < -0.3 is 10.5 Å². The molecule has 0 aliphatic heterocycles. The maximum Gasteiger partial charge on any atom is 0.296 e. The van der Waals surface area contributed by atoms with Crippen molar-refractivity contribution in [1.82, 2.24) is 9.55 Å². The van der Waals surface area contributed by atoms with E-state index in [1.807, 2.05) is 0 Å². The van der Waals surface area contributed by atoms with E-state index >= 15 is 0 Å². The lowest BCUT2D eigenvalue weighted by atomic mass is 9.98. The highest BCUT2D eigenvalue weighted by Gasteiger charge is 2.21. The first-order valence-corrected chi connectivity index (χ1v) is 8.04. The molecule has 0 amide bonds. The number of fused-ring (bicyclic) bond motifs is 1. The van der Waals surface area contributed by atoms with Gasteiger partial charge in [-0.2, -0.15) is 0 Å². The highest BCUT2D eigenvalue weighted by molar-refractivity contribution is 5.91. The van der Waals surface area contributed by atoms with Gasteiger partial charge in [0.2, 0.25) is 5.90 Å². The van der Waals surface area contributed by atoms with Crippen molar-refractivity contribution in [3.05, 3.63) is 36.2 Å². The minimum Gasteiger partial charge on any atom is -0.475 e. The molecule has 0 unspecified atom stereocenters. The molecule has 0 spiro atoms. The molecule has 0 radical (unpaired) electrons. The highest BCUT2D eigenvalue weighted by Crippen LogP contribution is 2.26. The summed E-state index contributed by atoms with van der Waals surface area (Å²) in [4.78, 5) is 3.94. The summed E-state index contributed by atoms with van der Waals surface area (Å²) in [5.41, 5.74) is 6.89. The topological polar surface area (TPSA) is 76.9 Å². The van der Waals surface area contributed by atoms with Gasteiger partial charge in [-0.05, 0) is 37.8 Å². The Morgan fingerprint density at radius 1 is 1.29 bits per heavy atom. The second-order valence-electron chi connectivity index (χ2n) is 5.91. The van der Waals surface area contributed by atoms with Gasteiger partial charge >= 0.3 is 0 Å². The van der Waals surface area contributed by atoms with Crippen LogP contribution in [0.3, 0.4) is 0 Å². The summed E-state index contributed by atoms with van der Waals surface area (Å²) >= 11 is 0. The van der Waals surface area contributed by atoms with E-state index in [-0.39, 0.29) is 17.8 Å². The van der Waals surface area contributed by atoms with Crippen molar-refractivity contribution >= 4 is 22.8 Å². The van der Waals surface area contributed by atoms with Gasteiger partial charge in [-0.3, -0.25) is 9.98 Å². The standard InChI is InChI=1S/C17H20F2N4O/c18-16(19)17-22-12-8-4-5-9-13(12)23(17)14(20)10-15(21)24-11-6-2-1-3-7-11/h4-5,8-11,16,21H,1-3,6-7,20H2/b14-10+,21-15?. The molecule has 3 N–H and O–H groups in total. The van der Waals surface area contributed by atoms with E-state index in [1.54, 1.807) is 24.3 Å². The summed E-state index contributed by atoms with van der Waals surface area (Å²) in [5.74, 6) is -0.548. The lowest BCUT2D eigenvalue weighted by Gasteiger charge is -2.22. The molecule has 3 rings (SSSR count). The fourth-order valence-electron chi connectivity index (χ4n) is 3.06. The second-order valence-corrected chi connectivity index (χ2v) is 5.91. The third-order valence-electron chi connectivity index (χ3n) is 4.16. The van der Waals surface area contributed by atoms with Gasteiger partial charge in [0.15, 0.2) is 5.82 Å². The quantitative estimate of drug-likeness (QED) is 0.654. The zero-order chi connectivity index (χ0) is 17.1. The van der Waals surface area contributed by atoms with Gasteiger partial charge in [-0.25, -0.2) is 13.8 Å². The van der Waals surface area contributed by atoms with Crippen molar-refractivity contribution in [2.24, 2.45) is 5.73 Å².